The van der Waals surface area contributed by atoms with Gasteiger partial charge in [-0.05, 0) is 65.4 Å². The van der Waals surface area contributed by atoms with E-state index in [4.69, 9.17) is 11.6 Å². The van der Waals surface area contributed by atoms with Crippen molar-refractivity contribution in [2.75, 3.05) is 5.32 Å². The van der Waals surface area contributed by atoms with Gasteiger partial charge in [0.15, 0.2) is 0 Å². The van der Waals surface area contributed by atoms with E-state index in [1.54, 1.807) is 12.1 Å². The first-order chi connectivity index (χ1) is 8.56. The van der Waals surface area contributed by atoms with Crippen molar-refractivity contribution < 1.29 is 4.79 Å². The molecule has 1 N–H and O–H groups in total. The summed E-state index contributed by atoms with van der Waals surface area (Å²) in [5, 5.41) is 3.36. The van der Waals surface area contributed by atoms with Gasteiger partial charge in [0.1, 0.15) is 0 Å². The summed E-state index contributed by atoms with van der Waals surface area (Å²) < 4.78 is 1.02. The molecule has 92 valence electrons. The average Bonchev–Trinajstić information content (AvgIpc) is 2.34. The van der Waals surface area contributed by atoms with Crippen LogP contribution in [0.25, 0.3) is 0 Å². The van der Waals surface area contributed by atoms with Gasteiger partial charge in [-0.2, -0.15) is 0 Å². The van der Waals surface area contributed by atoms with Gasteiger partial charge in [0.25, 0.3) is 5.91 Å². The van der Waals surface area contributed by atoms with Crippen LogP contribution in [0.15, 0.2) is 42.5 Å². The van der Waals surface area contributed by atoms with Crippen LogP contribution in [0.3, 0.4) is 0 Å². The number of hydrogen-bond donors (Lipinski definition) is 1. The molecule has 0 saturated carbocycles. The summed E-state index contributed by atoms with van der Waals surface area (Å²) in [4.78, 5) is 12.1. The van der Waals surface area contributed by atoms with Gasteiger partial charge in [-0.1, -0.05) is 23.7 Å². The van der Waals surface area contributed by atoms with Gasteiger partial charge >= 0.3 is 0 Å². The maximum Gasteiger partial charge on any atom is 0.255 e. The molecule has 0 fully saturated rings. The zero-order chi connectivity index (χ0) is 13.1. The normalized spacial score (nSPS) is 10.2. The number of anilines is 1. The van der Waals surface area contributed by atoms with Crippen molar-refractivity contribution >= 4 is 45.8 Å². The number of amides is 1. The van der Waals surface area contributed by atoms with Gasteiger partial charge in [0.05, 0.1) is 10.7 Å². The Morgan fingerprint density at radius 2 is 2.00 bits per heavy atom. The Morgan fingerprint density at radius 3 is 2.72 bits per heavy atom. The second-order valence-corrected chi connectivity index (χ2v) is 5.60. The van der Waals surface area contributed by atoms with Crippen molar-refractivity contribution in [1.29, 1.82) is 0 Å². The minimum atomic E-state index is -0.152. The van der Waals surface area contributed by atoms with Crippen molar-refractivity contribution in [1.82, 2.24) is 0 Å². The molecule has 0 aliphatic carbocycles. The van der Waals surface area contributed by atoms with Gasteiger partial charge in [-0.3, -0.25) is 4.79 Å². The first-order valence-electron chi connectivity index (χ1n) is 5.39. The van der Waals surface area contributed by atoms with E-state index in [1.165, 1.54) is 0 Å². The molecule has 0 heterocycles. The van der Waals surface area contributed by atoms with Crippen molar-refractivity contribution in [3.63, 3.8) is 0 Å². The van der Waals surface area contributed by atoms with Crippen LogP contribution in [-0.2, 0) is 0 Å². The molecule has 2 nitrogen and oxygen atoms in total. The van der Waals surface area contributed by atoms with Crippen LogP contribution >= 0.6 is 34.2 Å². The molecule has 0 aliphatic heterocycles. The Hall–Kier alpha value is -1.07. The zero-order valence-electron chi connectivity index (χ0n) is 9.71. The Labute approximate surface area is 124 Å². The number of aryl methyl sites for hydroxylation is 1. The van der Waals surface area contributed by atoms with Crippen LogP contribution in [0.5, 0.6) is 0 Å². The molecule has 0 unspecified atom stereocenters. The second-order valence-electron chi connectivity index (χ2n) is 3.95. The molecule has 0 saturated heterocycles. The maximum atomic E-state index is 12.1. The smallest absolute Gasteiger partial charge is 0.255 e. The average molecular weight is 372 g/mol. The first kappa shape index (κ1) is 13.4. The molecule has 18 heavy (non-hydrogen) atoms. The largest absolute Gasteiger partial charge is 0.321 e. The summed E-state index contributed by atoms with van der Waals surface area (Å²) in [6, 6.07) is 12.9. The van der Waals surface area contributed by atoms with E-state index in [0.29, 0.717) is 16.3 Å². The van der Waals surface area contributed by atoms with Crippen molar-refractivity contribution in [3.8, 4) is 0 Å². The summed E-state index contributed by atoms with van der Waals surface area (Å²) in [5.41, 5.74) is 2.32. The van der Waals surface area contributed by atoms with E-state index in [9.17, 15) is 4.79 Å². The zero-order valence-corrected chi connectivity index (χ0v) is 12.6. The van der Waals surface area contributed by atoms with Crippen LogP contribution < -0.4 is 5.32 Å². The fraction of sp³-hybridized carbons (Fsp3) is 0.0714. The summed E-state index contributed by atoms with van der Waals surface area (Å²) in [5.74, 6) is -0.152. The SMILES string of the molecule is Cc1ccc(Cl)c(NC(=O)c2cccc(I)c2)c1. The van der Waals surface area contributed by atoms with Crippen LogP contribution in [0.2, 0.25) is 5.02 Å². The molecular formula is C14H11ClINO. The molecule has 0 bridgehead atoms. The summed E-state index contributed by atoms with van der Waals surface area (Å²) in [6.07, 6.45) is 0. The Morgan fingerprint density at radius 1 is 1.22 bits per heavy atom. The van der Waals surface area contributed by atoms with E-state index in [-0.39, 0.29) is 5.91 Å². The lowest BCUT2D eigenvalue weighted by molar-refractivity contribution is 0.102. The third-order valence-corrected chi connectivity index (χ3v) is 3.46. The number of nitrogens with one attached hydrogen (secondary N) is 1. The van der Waals surface area contributed by atoms with Gasteiger partial charge in [-0.15, -0.1) is 0 Å². The molecule has 2 aromatic carbocycles. The Bertz CT molecular complexity index is 598. The maximum absolute atomic E-state index is 12.1. The molecular weight excluding hydrogens is 361 g/mol. The van der Waals surface area contributed by atoms with Crippen LogP contribution in [0.4, 0.5) is 5.69 Å². The van der Waals surface area contributed by atoms with Crippen molar-refractivity contribution in [2.45, 2.75) is 6.92 Å². The molecule has 2 rings (SSSR count). The summed E-state index contributed by atoms with van der Waals surface area (Å²) in [7, 11) is 0. The number of halogens is 2. The fourth-order valence-electron chi connectivity index (χ4n) is 1.56. The minimum absolute atomic E-state index is 0.152. The van der Waals surface area contributed by atoms with E-state index in [0.717, 1.165) is 9.13 Å². The molecule has 0 radical (unpaired) electrons. The molecule has 1 amide bonds. The van der Waals surface area contributed by atoms with E-state index in [2.05, 4.69) is 27.9 Å². The molecule has 0 atom stereocenters. The standard InChI is InChI=1S/C14H11ClINO/c1-9-5-6-12(15)13(7-9)17-14(18)10-3-2-4-11(16)8-10/h2-8H,1H3,(H,17,18). The molecule has 2 aromatic rings. The predicted octanol–water partition coefficient (Wildman–Crippen LogP) is 4.51. The van der Waals surface area contributed by atoms with Crippen molar-refractivity contribution in [2.24, 2.45) is 0 Å². The predicted molar refractivity (Wildman–Crippen MR) is 83.3 cm³/mol. The van der Waals surface area contributed by atoms with E-state index in [1.807, 2.05) is 37.3 Å². The lowest BCUT2D eigenvalue weighted by atomic mass is 10.2. The van der Waals surface area contributed by atoms with Gasteiger partial charge in [0.2, 0.25) is 0 Å². The molecule has 4 heteroatoms. The van der Waals surface area contributed by atoms with Gasteiger partial charge in [0, 0.05) is 9.13 Å². The third-order valence-electron chi connectivity index (χ3n) is 2.46. The topological polar surface area (TPSA) is 29.1 Å². The van der Waals surface area contributed by atoms with Crippen LogP contribution in [0.1, 0.15) is 15.9 Å². The molecule has 0 aromatic heterocycles. The highest BCUT2D eigenvalue weighted by Gasteiger charge is 2.08. The minimum Gasteiger partial charge on any atom is -0.321 e. The second kappa shape index (κ2) is 5.71. The highest BCUT2D eigenvalue weighted by molar-refractivity contribution is 14.1. The van der Waals surface area contributed by atoms with Crippen LogP contribution in [-0.4, -0.2) is 5.91 Å². The lowest BCUT2D eigenvalue weighted by Crippen LogP contribution is -2.12. The lowest BCUT2D eigenvalue weighted by Gasteiger charge is -2.08. The monoisotopic (exact) mass is 371 g/mol. The number of hydrogen-bond acceptors (Lipinski definition) is 1. The Balaban J connectivity index is 2.24. The number of benzene rings is 2. The Kier molecular flexibility index (Phi) is 4.24. The molecule has 0 aliphatic rings. The fourth-order valence-corrected chi connectivity index (χ4v) is 2.27. The van der Waals surface area contributed by atoms with E-state index >= 15 is 0 Å². The summed E-state index contributed by atoms with van der Waals surface area (Å²) in [6.45, 7) is 1.96. The van der Waals surface area contributed by atoms with Crippen molar-refractivity contribution in [3.05, 3.63) is 62.2 Å². The number of carbonyl (C=O) groups is 1. The van der Waals surface area contributed by atoms with Gasteiger partial charge in [-0.25, -0.2) is 0 Å². The van der Waals surface area contributed by atoms with Crippen LogP contribution in [0, 0.1) is 10.5 Å². The number of carbonyl (C=O) groups excluding carboxylic acids is 1. The first-order valence-corrected chi connectivity index (χ1v) is 6.85. The number of rotatable bonds is 2. The third kappa shape index (κ3) is 3.23. The summed E-state index contributed by atoms with van der Waals surface area (Å²) >= 11 is 8.22. The highest BCUT2D eigenvalue weighted by atomic mass is 127. The quantitative estimate of drug-likeness (QED) is 0.774. The van der Waals surface area contributed by atoms with E-state index < -0.39 is 0 Å². The van der Waals surface area contributed by atoms with Gasteiger partial charge < -0.3 is 5.32 Å². The highest BCUT2D eigenvalue weighted by Crippen LogP contribution is 2.23. The molecule has 0 spiro atoms.